The maximum atomic E-state index is 13.2. The third kappa shape index (κ3) is 4.10. The van der Waals surface area contributed by atoms with Crippen LogP contribution in [0.25, 0.3) is 0 Å². The Kier molecular flexibility index (Phi) is 5.19. The number of anilines is 1. The fraction of sp³-hybridized carbons (Fsp3) is 0.273. The van der Waals surface area contributed by atoms with E-state index in [9.17, 15) is 18.4 Å². The molecule has 0 saturated carbocycles. The van der Waals surface area contributed by atoms with Gasteiger partial charge in [-0.2, -0.15) is 0 Å². The molecule has 0 aromatic heterocycles. The zero-order valence-electron chi connectivity index (χ0n) is 9.63. The van der Waals surface area contributed by atoms with Crippen molar-refractivity contribution in [3.05, 3.63) is 29.8 Å². The molecule has 2 amide bonds. The van der Waals surface area contributed by atoms with Crippen LogP contribution in [0, 0.1) is 11.6 Å². The Morgan fingerprint density at radius 1 is 1.28 bits per heavy atom. The van der Waals surface area contributed by atoms with Crippen LogP contribution in [0.2, 0.25) is 0 Å². The predicted molar refractivity (Wildman–Crippen MR) is 59.9 cm³/mol. The minimum atomic E-state index is -1.07. The van der Waals surface area contributed by atoms with Gasteiger partial charge in [-0.05, 0) is 12.1 Å². The van der Waals surface area contributed by atoms with Crippen LogP contribution in [0.5, 0.6) is 0 Å². The van der Waals surface area contributed by atoms with E-state index in [4.69, 9.17) is 0 Å². The Bertz CT molecular complexity index is 452. The van der Waals surface area contributed by atoms with E-state index in [2.05, 4.69) is 10.1 Å². The number of carbonyl (C=O) groups excluding carboxylic acids is 2. The van der Waals surface area contributed by atoms with Crippen LogP contribution in [-0.4, -0.2) is 32.1 Å². The highest BCUT2D eigenvalue weighted by molar-refractivity contribution is 6.39. The highest BCUT2D eigenvalue weighted by atomic mass is 19.1. The van der Waals surface area contributed by atoms with Crippen molar-refractivity contribution in [2.45, 2.75) is 0 Å². The lowest BCUT2D eigenvalue weighted by molar-refractivity contribution is -0.136. The van der Waals surface area contributed by atoms with Gasteiger partial charge in [0.1, 0.15) is 11.6 Å². The molecule has 2 N–H and O–H groups in total. The number of amides is 2. The van der Waals surface area contributed by atoms with E-state index in [1.165, 1.54) is 7.11 Å². The summed E-state index contributed by atoms with van der Waals surface area (Å²) in [6.45, 7) is 0.391. The van der Waals surface area contributed by atoms with Crippen LogP contribution in [0.4, 0.5) is 14.5 Å². The van der Waals surface area contributed by atoms with Crippen LogP contribution >= 0.6 is 0 Å². The van der Waals surface area contributed by atoms with E-state index >= 15 is 0 Å². The Hall–Kier alpha value is -2.02. The summed E-state index contributed by atoms with van der Waals surface area (Å²) in [6.07, 6.45) is 0. The topological polar surface area (TPSA) is 67.4 Å². The molecule has 0 unspecified atom stereocenters. The third-order valence-electron chi connectivity index (χ3n) is 1.97. The number of methoxy groups -OCH3 is 1. The van der Waals surface area contributed by atoms with Gasteiger partial charge >= 0.3 is 11.8 Å². The molecule has 0 atom stereocenters. The minimum absolute atomic E-state index is 0.147. The Morgan fingerprint density at radius 3 is 2.67 bits per heavy atom. The molecule has 0 bridgehead atoms. The Balaban J connectivity index is 2.58. The van der Waals surface area contributed by atoms with Crippen molar-refractivity contribution in [1.29, 1.82) is 0 Å². The highest BCUT2D eigenvalue weighted by Crippen LogP contribution is 2.14. The number of halogens is 2. The summed E-state index contributed by atoms with van der Waals surface area (Å²) in [5, 5.41) is 4.22. The van der Waals surface area contributed by atoms with Crippen molar-refractivity contribution < 1.29 is 23.1 Å². The molecule has 18 heavy (non-hydrogen) atoms. The smallest absolute Gasteiger partial charge is 0.313 e. The molecule has 0 spiro atoms. The zero-order valence-corrected chi connectivity index (χ0v) is 9.63. The number of hydrogen-bond donors (Lipinski definition) is 2. The van der Waals surface area contributed by atoms with E-state index in [-0.39, 0.29) is 18.8 Å². The van der Waals surface area contributed by atoms with Gasteiger partial charge in [-0.3, -0.25) is 9.59 Å². The maximum absolute atomic E-state index is 13.2. The van der Waals surface area contributed by atoms with Gasteiger partial charge < -0.3 is 15.4 Å². The lowest BCUT2D eigenvalue weighted by Gasteiger charge is -2.07. The second-order valence-electron chi connectivity index (χ2n) is 3.33. The van der Waals surface area contributed by atoms with Gasteiger partial charge in [0.15, 0.2) is 0 Å². The Labute approximate surface area is 102 Å². The number of ether oxygens (including phenoxy) is 1. The first-order valence-electron chi connectivity index (χ1n) is 5.07. The minimum Gasteiger partial charge on any atom is -0.383 e. The van der Waals surface area contributed by atoms with Gasteiger partial charge in [-0.1, -0.05) is 0 Å². The predicted octanol–water partition coefficient (Wildman–Crippen LogP) is 0.666. The maximum Gasteiger partial charge on any atom is 0.313 e. The Morgan fingerprint density at radius 2 is 2.00 bits per heavy atom. The molecule has 0 heterocycles. The van der Waals surface area contributed by atoms with Crippen molar-refractivity contribution >= 4 is 17.5 Å². The summed E-state index contributed by atoms with van der Waals surface area (Å²) in [4.78, 5) is 22.5. The lowest BCUT2D eigenvalue weighted by Crippen LogP contribution is -2.37. The van der Waals surface area contributed by atoms with Crippen molar-refractivity contribution in [3.63, 3.8) is 0 Å². The quantitative estimate of drug-likeness (QED) is 0.616. The molecule has 0 aliphatic heterocycles. The molecular weight excluding hydrogens is 246 g/mol. The zero-order chi connectivity index (χ0) is 13.5. The van der Waals surface area contributed by atoms with E-state index in [0.29, 0.717) is 0 Å². The molecule has 0 radical (unpaired) electrons. The first-order chi connectivity index (χ1) is 8.54. The van der Waals surface area contributed by atoms with Crippen molar-refractivity contribution in [1.82, 2.24) is 5.32 Å². The first-order valence-corrected chi connectivity index (χ1v) is 5.07. The summed E-state index contributed by atoms with van der Waals surface area (Å²) in [5.74, 6) is -3.56. The van der Waals surface area contributed by atoms with Gasteiger partial charge in [-0.15, -0.1) is 0 Å². The molecule has 0 aliphatic carbocycles. The summed E-state index contributed by atoms with van der Waals surface area (Å²) >= 11 is 0. The number of benzene rings is 1. The molecule has 0 saturated heterocycles. The second-order valence-corrected chi connectivity index (χ2v) is 3.33. The average Bonchev–Trinajstić information content (AvgIpc) is 2.34. The van der Waals surface area contributed by atoms with Crippen molar-refractivity contribution in [3.8, 4) is 0 Å². The second kappa shape index (κ2) is 6.65. The van der Waals surface area contributed by atoms with Gasteiger partial charge in [0, 0.05) is 19.7 Å². The van der Waals surface area contributed by atoms with Crippen LogP contribution in [0.15, 0.2) is 18.2 Å². The lowest BCUT2D eigenvalue weighted by atomic mass is 10.3. The normalized spacial score (nSPS) is 9.94. The van der Waals surface area contributed by atoms with E-state index in [0.717, 1.165) is 18.2 Å². The molecule has 1 rings (SSSR count). The van der Waals surface area contributed by atoms with Crippen LogP contribution in [-0.2, 0) is 14.3 Å². The number of rotatable bonds is 4. The van der Waals surface area contributed by atoms with E-state index in [1.807, 2.05) is 5.32 Å². The summed E-state index contributed by atoms with van der Waals surface area (Å²) < 4.78 is 30.6. The van der Waals surface area contributed by atoms with Crippen LogP contribution in [0.1, 0.15) is 0 Å². The fourth-order valence-electron chi connectivity index (χ4n) is 1.12. The number of nitrogens with one attached hydrogen (secondary N) is 2. The van der Waals surface area contributed by atoms with Gasteiger partial charge in [-0.25, -0.2) is 8.78 Å². The fourth-order valence-corrected chi connectivity index (χ4v) is 1.12. The summed E-state index contributed by atoms with van der Waals surface area (Å²) in [6, 6.07) is 2.55. The van der Waals surface area contributed by atoms with Crippen LogP contribution < -0.4 is 10.6 Å². The first kappa shape index (κ1) is 14.0. The van der Waals surface area contributed by atoms with Gasteiger partial charge in [0.25, 0.3) is 0 Å². The summed E-state index contributed by atoms with van der Waals surface area (Å²) in [7, 11) is 1.44. The van der Waals surface area contributed by atoms with Crippen LogP contribution in [0.3, 0.4) is 0 Å². The highest BCUT2D eigenvalue weighted by Gasteiger charge is 2.15. The summed E-state index contributed by atoms with van der Waals surface area (Å²) in [5.41, 5.74) is -0.387. The van der Waals surface area contributed by atoms with Gasteiger partial charge in [0.05, 0.1) is 12.3 Å². The molecule has 1 aromatic carbocycles. The SMILES string of the molecule is COCCNC(=O)C(=O)Nc1cc(F)ccc1F. The van der Waals surface area contributed by atoms with E-state index in [1.54, 1.807) is 0 Å². The molecule has 1 aromatic rings. The molecule has 98 valence electrons. The number of carbonyl (C=O) groups is 2. The van der Waals surface area contributed by atoms with Crippen molar-refractivity contribution in [2.24, 2.45) is 0 Å². The molecule has 0 aliphatic rings. The monoisotopic (exact) mass is 258 g/mol. The standard InChI is InChI=1S/C11H12F2N2O3/c1-18-5-4-14-10(16)11(17)15-9-6-7(12)2-3-8(9)13/h2-3,6H,4-5H2,1H3,(H,14,16)(H,15,17). The average molecular weight is 258 g/mol. The van der Waals surface area contributed by atoms with E-state index < -0.39 is 23.4 Å². The molecule has 0 fully saturated rings. The molecule has 7 heteroatoms. The third-order valence-corrected chi connectivity index (χ3v) is 1.97. The van der Waals surface area contributed by atoms with Gasteiger partial charge in [0.2, 0.25) is 0 Å². The molecule has 5 nitrogen and oxygen atoms in total. The molecular formula is C11H12F2N2O3. The van der Waals surface area contributed by atoms with Crippen molar-refractivity contribution in [2.75, 3.05) is 25.6 Å². The number of hydrogen-bond acceptors (Lipinski definition) is 3. The largest absolute Gasteiger partial charge is 0.383 e.